The van der Waals surface area contributed by atoms with Gasteiger partial charge in [0.2, 0.25) is 0 Å². The highest BCUT2D eigenvalue weighted by Crippen LogP contribution is 2.54. The molecule has 0 saturated carbocycles. The highest BCUT2D eigenvalue weighted by molar-refractivity contribution is 7.95. The lowest BCUT2D eigenvalue weighted by Gasteiger charge is -2.26. The fraction of sp³-hybridized carbons (Fsp3) is 0.107. The van der Waals surface area contributed by atoms with Crippen LogP contribution in [0.4, 0.5) is 0 Å². The predicted molar refractivity (Wildman–Crippen MR) is 134 cm³/mol. The van der Waals surface area contributed by atoms with Crippen molar-refractivity contribution in [3.63, 3.8) is 0 Å². The topological polar surface area (TPSA) is 26.3 Å². The summed E-state index contributed by atoms with van der Waals surface area (Å²) < 4.78 is 5.72. The lowest BCUT2D eigenvalue weighted by molar-refractivity contribution is 0.112. The van der Waals surface area contributed by atoms with Gasteiger partial charge in [0.05, 0.1) is 0 Å². The lowest BCUT2D eigenvalue weighted by atomic mass is 10.2. The predicted octanol–water partition coefficient (Wildman–Crippen LogP) is 5.39. The third-order valence-corrected chi connectivity index (χ3v) is 9.31. The van der Waals surface area contributed by atoms with Crippen molar-refractivity contribution in [1.29, 1.82) is 0 Å². The fourth-order valence-corrected chi connectivity index (χ4v) is 7.33. The largest absolute Gasteiger partial charge is 0.348 e. The molecule has 0 aliphatic heterocycles. The van der Waals surface area contributed by atoms with Gasteiger partial charge in [-0.15, -0.1) is 0 Å². The van der Waals surface area contributed by atoms with Crippen LogP contribution in [-0.4, -0.2) is 19.7 Å². The zero-order chi connectivity index (χ0) is 21.9. The molecule has 4 rings (SSSR count). The van der Waals surface area contributed by atoms with Crippen molar-refractivity contribution in [1.82, 2.24) is 0 Å². The molecule has 0 atom stereocenters. The van der Waals surface area contributed by atoms with E-state index >= 15 is 0 Å². The second kappa shape index (κ2) is 11.4. The number of aldehydes is 1. The van der Waals surface area contributed by atoms with E-state index in [2.05, 4.69) is 91.0 Å². The number of methoxy groups -OCH3 is 1. The second-order valence-corrected chi connectivity index (χ2v) is 10.7. The van der Waals surface area contributed by atoms with Gasteiger partial charge in [-0.1, -0.05) is 84.4 Å². The third-order valence-electron chi connectivity index (χ3n) is 5.13. The Bertz CT molecular complexity index is 950. The lowest BCUT2D eigenvalue weighted by Crippen LogP contribution is -2.33. The van der Waals surface area contributed by atoms with Crippen LogP contribution in [-0.2, 0) is 4.74 Å². The van der Waals surface area contributed by atoms with Crippen molar-refractivity contribution in [2.75, 3.05) is 13.5 Å². The Labute approximate surface area is 185 Å². The quantitative estimate of drug-likeness (QED) is 0.305. The van der Waals surface area contributed by atoms with Crippen LogP contribution >= 0.6 is 7.26 Å². The molecule has 0 bridgehead atoms. The molecule has 4 aromatic rings. The molecule has 0 fully saturated rings. The summed E-state index contributed by atoms with van der Waals surface area (Å²) in [5.41, 5.74) is 1.92. The van der Waals surface area contributed by atoms with Crippen LogP contribution in [0.2, 0.25) is 0 Å². The van der Waals surface area contributed by atoms with E-state index in [0.717, 1.165) is 11.8 Å². The first kappa shape index (κ1) is 22.6. The molecule has 4 aromatic carbocycles. The Morgan fingerprint density at radius 3 is 1.35 bits per heavy atom. The highest BCUT2D eigenvalue weighted by Gasteiger charge is 2.45. The van der Waals surface area contributed by atoms with Crippen LogP contribution in [0.3, 0.4) is 0 Å². The summed E-state index contributed by atoms with van der Waals surface area (Å²) >= 11 is 0. The van der Waals surface area contributed by atoms with Crippen molar-refractivity contribution >= 4 is 29.5 Å². The second-order valence-electron chi connectivity index (χ2n) is 7.26. The van der Waals surface area contributed by atoms with Gasteiger partial charge in [0.15, 0.2) is 6.35 Å². The van der Waals surface area contributed by atoms with Crippen molar-refractivity contribution < 1.29 is 9.53 Å². The molecule has 0 radical (unpaired) electrons. The van der Waals surface area contributed by atoms with E-state index in [4.69, 9.17) is 4.74 Å². The van der Waals surface area contributed by atoms with Crippen LogP contribution in [0.15, 0.2) is 115 Å². The molecular formula is C28H28O2P+. The van der Waals surface area contributed by atoms with Gasteiger partial charge >= 0.3 is 0 Å². The minimum atomic E-state index is -1.78. The van der Waals surface area contributed by atoms with Gasteiger partial charge in [-0.2, -0.15) is 0 Å². The molecule has 0 saturated heterocycles. The zero-order valence-electron chi connectivity index (χ0n) is 18.0. The van der Waals surface area contributed by atoms with E-state index in [-0.39, 0.29) is 0 Å². The number of aryl methyl sites for hydroxylation is 1. The molecule has 31 heavy (non-hydrogen) atoms. The van der Waals surface area contributed by atoms with Crippen LogP contribution < -0.4 is 15.9 Å². The summed E-state index contributed by atoms with van der Waals surface area (Å²) in [4.78, 5) is 10.1. The van der Waals surface area contributed by atoms with Gasteiger partial charge < -0.3 is 4.74 Å². The third kappa shape index (κ3) is 5.55. The summed E-state index contributed by atoms with van der Waals surface area (Å²) in [6.45, 7) is 1.99. The van der Waals surface area contributed by atoms with E-state index in [1.165, 1.54) is 21.5 Å². The molecule has 2 nitrogen and oxygen atoms in total. The highest BCUT2D eigenvalue weighted by atomic mass is 31.2. The first-order valence-corrected chi connectivity index (χ1v) is 12.2. The van der Waals surface area contributed by atoms with Crippen LogP contribution in [0, 0.1) is 6.92 Å². The summed E-state index contributed by atoms with van der Waals surface area (Å²) in [7, 11) is 0.0197. The Balaban J connectivity index is 0.000000254. The Morgan fingerprint density at radius 2 is 1.03 bits per heavy atom. The number of rotatable bonds is 6. The van der Waals surface area contributed by atoms with Crippen molar-refractivity contribution in [3.8, 4) is 0 Å². The van der Waals surface area contributed by atoms with E-state index in [0.29, 0.717) is 6.35 Å². The number of benzene rings is 4. The summed E-state index contributed by atoms with van der Waals surface area (Å²) in [5, 5.41) is 4.07. The van der Waals surface area contributed by atoms with E-state index in [1.54, 1.807) is 7.11 Å². The molecule has 0 aliphatic rings. The monoisotopic (exact) mass is 427 g/mol. The summed E-state index contributed by atoms with van der Waals surface area (Å²) in [6, 6.07) is 39.7. The molecule has 0 heterocycles. The molecule has 0 aliphatic carbocycles. The van der Waals surface area contributed by atoms with Gasteiger partial charge in [-0.3, -0.25) is 4.79 Å². The van der Waals surface area contributed by atoms with Crippen LogP contribution in [0.25, 0.3) is 0 Å². The average molecular weight is 428 g/mol. The Kier molecular flexibility index (Phi) is 8.29. The van der Waals surface area contributed by atoms with Gasteiger partial charge in [0.1, 0.15) is 29.5 Å². The van der Waals surface area contributed by atoms with Crippen molar-refractivity contribution in [2.45, 2.75) is 6.92 Å². The molecule has 0 N–H and O–H groups in total. The average Bonchev–Trinajstić information content (AvgIpc) is 2.85. The molecule has 3 heteroatoms. The minimum absolute atomic E-state index is 0.713. The zero-order valence-corrected chi connectivity index (χ0v) is 18.9. The first-order valence-electron chi connectivity index (χ1n) is 10.3. The Morgan fingerprint density at radius 1 is 0.645 bits per heavy atom. The van der Waals surface area contributed by atoms with Crippen molar-refractivity contribution in [2.24, 2.45) is 0 Å². The van der Waals surface area contributed by atoms with Gasteiger partial charge in [0, 0.05) is 12.7 Å². The number of hydrogen-bond acceptors (Lipinski definition) is 2. The van der Waals surface area contributed by atoms with Gasteiger partial charge in [0.25, 0.3) is 0 Å². The van der Waals surface area contributed by atoms with Crippen LogP contribution in [0.5, 0.6) is 0 Å². The standard InChI is InChI=1S/C20H20OP.C8H8O/c1-21-17-22(18-11-5-2-6-12-18,19-13-7-3-8-14-19)20-15-9-4-10-16-20;1-7-2-4-8(6-9)5-3-7/h2-16H,17H2,1H3;2-6H,1H3/q+1;. The molecule has 0 aromatic heterocycles. The number of ether oxygens (including phenoxy) is 1. The minimum Gasteiger partial charge on any atom is -0.348 e. The number of hydrogen-bond donors (Lipinski definition) is 0. The van der Waals surface area contributed by atoms with E-state index in [9.17, 15) is 4.79 Å². The molecule has 0 unspecified atom stereocenters. The molecular weight excluding hydrogens is 399 g/mol. The molecule has 0 amide bonds. The normalized spacial score (nSPS) is 10.6. The maximum atomic E-state index is 10.1. The molecule has 156 valence electrons. The van der Waals surface area contributed by atoms with E-state index in [1.807, 2.05) is 31.2 Å². The molecule has 0 spiro atoms. The van der Waals surface area contributed by atoms with Crippen LogP contribution in [0.1, 0.15) is 15.9 Å². The van der Waals surface area contributed by atoms with Crippen molar-refractivity contribution in [3.05, 3.63) is 126 Å². The summed E-state index contributed by atoms with van der Waals surface area (Å²) in [5.74, 6) is 0. The maximum absolute atomic E-state index is 10.1. The first-order chi connectivity index (χ1) is 15.2. The summed E-state index contributed by atoms with van der Waals surface area (Å²) in [6.07, 6.45) is 1.56. The maximum Gasteiger partial charge on any atom is 0.170 e. The number of carbonyl (C=O) groups is 1. The van der Waals surface area contributed by atoms with Gasteiger partial charge in [-0.05, 0) is 43.3 Å². The SMILES string of the molecule is COC[P+](c1ccccc1)(c1ccccc1)c1ccccc1.Cc1ccc(C=O)cc1. The smallest absolute Gasteiger partial charge is 0.170 e. The van der Waals surface area contributed by atoms with Gasteiger partial charge in [-0.25, -0.2) is 0 Å². The van der Waals surface area contributed by atoms with E-state index < -0.39 is 7.26 Å². The fourth-order valence-electron chi connectivity index (χ4n) is 3.56. The Hall–Kier alpha value is -3.06. The number of carbonyl (C=O) groups excluding carboxylic acids is 1.